The molecule has 112 valence electrons. The second kappa shape index (κ2) is 5.07. The summed E-state index contributed by atoms with van der Waals surface area (Å²) in [6.07, 6.45) is 12.5. The highest BCUT2D eigenvalue weighted by molar-refractivity contribution is 5.50. The van der Waals surface area contributed by atoms with Gasteiger partial charge in [0.15, 0.2) is 0 Å². The van der Waals surface area contributed by atoms with E-state index in [2.05, 4.69) is 56.2 Å². The van der Waals surface area contributed by atoms with Gasteiger partial charge in [-0.3, -0.25) is 0 Å². The van der Waals surface area contributed by atoms with Crippen molar-refractivity contribution in [2.75, 3.05) is 20.6 Å². The molecule has 20 heavy (non-hydrogen) atoms. The predicted octanol–water partition coefficient (Wildman–Crippen LogP) is 2.70. The molecule has 0 amide bonds. The lowest BCUT2D eigenvalue weighted by Gasteiger charge is -2.45. The van der Waals surface area contributed by atoms with E-state index in [9.17, 15) is 0 Å². The van der Waals surface area contributed by atoms with Gasteiger partial charge in [0.25, 0.3) is 0 Å². The molecule has 2 aliphatic carbocycles. The standard InChI is InChI=1S/C18H28N2.H2/c1-5-13(7-9-20(3)4)16-12-19-17-11-18(2)8-6-14(18)10-15(16)17;/h10-14,19H,5-9H2,1-4H3;1H. The number of H-pyrrole nitrogens is 1. The summed E-state index contributed by atoms with van der Waals surface area (Å²) in [6.45, 7) is 5.90. The lowest BCUT2D eigenvalue weighted by Crippen LogP contribution is -2.44. The number of hydrogen-bond acceptors (Lipinski definition) is 1. The fraction of sp³-hybridized carbons (Fsp3) is 0.667. The van der Waals surface area contributed by atoms with Crippen LogP contribution in [0.25, 0.3) is 12.2 Å². The van der Waals surface area contributed by atoms with Gasteiger partial charge in [0.05, 0.1) is 0 Å². The SMILES string of the molecule is CCC(CCN(C)C)c1c[nH]c2c1=CC1CCC1(C)C=2.[HH]. The second-order valence-electron chi connectivity index (χ2n) is 7.23. The van der Waals surface area contributed by atoms with E-state index in [1.807, 2.05) is 0 Å². The third-order valence-electron chi connectivity index (χ3n) is 5.52. The molecular formula is C18H30N2. The first-order valence-electron chi connectivity index (χ1n) is 8.10. The number of nitrogens with one attached hydrogen (secondary N) is 1. The van der Waals surface area contributed by atoms with Gasteiger partial charge in [-0.05, 0) is 74.4 Å². The Morgan fingerprint density at radius 3 is 2.90 bits per heavy atom. The normalized spacial score (nSPS) is 28.9. The average molecular weight is 274 g/mol. The molecule has 1 saturated carbocycles. The fourth-order valence-corrected chi connectivity index (χ4v) is 3.85. The molecule has 1 N–H and O–H groups in total. The molecular weight excluding hydrogens is 244 g/mol. The summed E-state index contributed by atoms with van der Waals surface area (Å²) in [7, 11) is 4.33. The predicted molar refractivity (Wildman–Crippen MR) is 88.1 cm³/mol. The molecule has 0 saturated heterocycles. The number of hydrogen-bond donors (Lipinski definition) is 1. The Labute approximate surface area is 124 Å². The van der Waals surface area contributed by atoms with Crippen LogP contribution in [0.15, 0.2) is 6.20 Å². The molecule has 2 nitrogen and oxygen atoms in total. The van der Waals surface area contributed by atoms with Crippen LogP contribution in [0.1, 0.15) is 52.4 Å². The zero-order chi connectivity index (χ0) is 14.3. The van der Waals surface area contributed by atoms with Crippen LogP contribution in [0.2, 0.25) is 0 Å². The first-order valence-corrected chi connectivity index (χ1v) is 8.10. The van der Waals surface area contributed by atoms with Crippen molar-refractivity contribution in [2.24, 2.45) is 11.3 Å². The molecule has 3 unspecified atom stereocenters. The number of rotatable bonds is 5. The van der Waals surface area contributed by atoms with Crippen molar-refractivity contribution >= 4 is 12.2 Å². The van der Waals surface area contributed by atoms with Gasteiger partial charge < -0.3 is 9.88 Å². The van der Waals surface area contributed by atoms with E-state index in [1.54, 1.807) is 5.56 Å². The summed E-state index contributed by atoms with van der Waals surface area (Å²) in [5.41, 5.74) is 1.98. The quantitative estimate of drug-likeness (QED) is 0.874. The molecule has 3 rings (SSSR count). The van der Waals surface area contributed by atoms with Crippen LogP contribution in [0.5, 0.6) is 0 Å². The Morgan fingerprint density at radius 1 is 1.50 bits per heavy atom. The van der Waals surface area contributed by atoms with Gasteiger partial charge in [-0.25, -0.2) is 0 Å². The van der Waals surface area contributed by atoms with Gasteiger partial charge in [-0.2, -0.15) is 0 Å². The first-order chi connectivity index (χ1) is 9.53. The van der Waals surface area contributed by atoms with E-state index >= 15 is 0 Å². The summed E-state index contributed by atoms with van der Waals surface area (Å²) < 4.78 is 0. The summed E-state index contributed by atoms with van der Waals surface area (Å²) >= 11 is 0. The highest BCUT2D eigenvalue weighted by Gasteiger charge is 2.41. The molecule has 1 fully saturated rings. The van der Waals surface area contributed by atoms with Crippen molar-refractivity contribution in [3.8, 4) is 0 Å². The smallest absolute Gasteiger partial charge is 0.0419 e. The van der Waals surface area contributed by atoms with Crippen molar-refractivity contribution in [1.29, 1.82) is 0 Å². The van der Waals surface area contributed by atoms with Gasteiger partial charge in [0.1, 0.15) is 0 Å². The molecule has 1 heterocycles. The molecule has 2 aliphatic rings. The molecule has 3 atom stereocenters. The molecule has 1 aromatic rings. The molecule has 0 aromatic carbocycles. The maximum atomic E-state index is 3.54. The minimum absolute atomic E-state index is 0. The summed E-state index contributed by atoms with van der Waals surface area (Å²) in [5.74, 6) is 1.46. The molecule has 0 spiro atoms. The van der Waals surface area contributed by atoms with Gasteiger partial charge in [0, 0.05) is 13.0 Å². The van der Waals surface area contributed by atoms with Crippen molar-refractivity contribution in [2.45, 2.75) is 45.4 Å². The minimum atomic E-state index is 0. The van der Waals surface area contributed by atoms with Crippen LogP contribution in [-0.2, 0) is 0 Å². The molecule has 0 aliphatic heterocycles. The van der Waals surface area contributed by atoms with Gasteiger partial charge in [-0.1, -0.05) is 26.0 Å². The Hall–Kier alpha value is -1.02. The maximum Gasteiger partial charge on any atom is 0.0419 e. The molecule has 0 radical (unpaired) electrons. The largest absolute Gasteiger partial charge is 0.361 e. The van der Waals surface area contributed by atoms with E-state index < -0.39 is 0 Å². The van der Waals surface area contributed by atoms with E-state index in [4.69, 9.17) is 0 Å². The van der Waals surface area contributed by atoms with Crippen molar-refractivity contribution in [3.05, 3.63) is 22.3 Å². The fourth-order valence-electron chi connectivity index (χ4n) is 3.85. The van der Waals surface area contributed by atoms with Gasteiger partial charge in [-0.15, -0.1) is 0 Å². The third kappa shape index (κ3) is 2.24. The van der Waals surface area contributed by atoms with Crippen LogP contribution < -0.4 is 10.6 Å². The Kier molecular flexibility index (Phi) is 3.53. The van der Waals surface area contributed by atoms with Crippen LogP contribution in [0.3, 0.4) is 0 Å². The maximum absolute atomic E-state index is 3.54. The Balaban J connectivity index is 0.00000161. The Bertz CT molecular complexity index is 601. The lowest BCUT2D eigenvalue weighted by atomic mass is 9.59. The first kappa shape index (κ1) is 13.9. The van der Waals surface area contributed by atoms with Gasteiger partial charge in [0.2, 0.25) is 0 Å². The second-order valence-corrected chi connectivity index (χ2v) is 7.23. The molecule has 2 heteroatoms. The average Bonchev–Trinajstić information content (AvgIpc) is 2.78. The summed E-state index contributed by atoms with van der Waals surface area (Å²) in [6, 6.07) is 0. The van der Waals surface area contributed by atoms with Crippen molar-refractivity contribution in [1.82, 2.24) is 9.88 Å². The van der Waals surface area contributed by atoms with Crippen LogP contribution in [0, 0.1) is 11.3 Å². The monoisotopic (exact) mass is 274 g/mol. The molecule has 1 aromatic heterocycles. The zero-order valence-electron chi connectivity index (χ0n) is 13.4. The lowest BCUT2D eigenvalue weighted by molar-refractivity contribution is 0.184. The minimum Gasteiger partial charge on any atom is -0.361 e. The zero-order valence-corrected chi connectivity index (χ0v) is 13.4. The summed E-state index contributed by atoms with van der Waals surface area (Å²) in [5, 5.41) is 2.89. The van der Waals surface area contributed by atoms with E-state index in [-0.39, 0.29) is 1.43 Å². The van der Waals surface area contributed by atoms with E-state index in [1.165, 1.54) is 42.8 Å². The third-order valence-corrected chi connectivity index (χ3v) is 5.52. The number of nitrogens with zero attached hydrogens (tertiary/aromatic N) is 1. The number of fused-ring (bicyclic) bond motifs is 2. The highest BCUT2D eigenvalue weighted by Crippen LogP contribution is 2.49. The molecule has 0 bridgehead atoms. The highest BCUT2D eigenvalue weighted by atomic mass is 15.0. The van der Waals surface area contributed by atoms with Crippen LogP contribution >= 0.6 is 0 Å². The van der Waals surface area contributed by atoms with Crippen LogP contribution in [0.4, 0.5) is 0 Å². The summed E-state index contributed by atoms with van der Waals surface area (Å²) in [4.78, 5) is 5.83. The van der Waals surface area contributed by atoms with Crippen LogP contribution in [-0.4, -0.2) is 30.5 Å². The Morgan fingerprint density at radius 2 is 2.30 bits per heavy atom. The van der Waals surface area contributed by atoms with Crippen molar-refractivity contribution < 1.29 is 1.43 Å². The van der Waals surface area contributed by atoms with Crippen molar-refractivity contribution in [3.63, 3.8) is 0 Å². The number of aromatic amines is 1. The van der Waals surface area contributed by atoms with E-state index in [0.29, 0.717) is 11.3 Å². The van der Waals surface area contributed by atoms with Gasteiger partial charge >= 0.3 is 0 Å². The number of aromatic nitrogens is 1. The topological polar surface area (TPSA) is 19.0 Å². The van der Waals surface area contributed by atoms with E-state index in [0.717, 1.165) is 5.92 Å².